The number of aromatic nitrogens is 3. The molecule has 1 amide bonds. The third-order valence-electron chi connectivity index (χ3n) is 5.78. The average molecular weight is 485 g/mol. The van der Waals surface area contributed by atoms with Crippen molar-refractivity contribution in [3.05, 3.63) is 103 Å². The minimum atomic E-state index is -0.208. The maximum Gasteiger partial charge on any atom is 0.250 e. The van der Waals surface area contributed by atoms with Gasteiger partial charge in [-0.25, -0.2) is 4.98 Å². The van der Waals surface area contributed by atoms with E-state index in [2.05, 4.69) is 36.1 Å². The number of benzene rings is 1. The fourth-order valence-corrected chi connectivity index (χ4v) is 4.65. The first-order valence-corrected chi connectivity index (χ1v) is 11.5. The number of carbonyl (C=O) groups excluding carboxylic acids is 1. The molecular weight excluding hydrogens is 460 g/mol. The molecule has 1 fully saturated rings. The van der Waals surface area contributed by atoms with Crippen molar-refractivity contribution in [2.24, 2.45) is 0 Å². The van der Waals surface area contributed by atoms with Gasteiger partial charge in [0.05, 0.1) is 11.7 Å². The predicted octanol–water partition coefficient (Wildman–Crippen LogP) is 4.03. The summed E-state index contributed by atoms with van der Waals surface area (Å²) in [4.78, 5) is 23.1. The lowest BCUT2D eigenvalue weighted by atomic mass is 10.0. The minimum Gasteiger partial charge on any atom is -0.375 e. The van der Waals surface area contributed by atoms with E-state index in [0.717, 1.165) is 22.9 Å². The van der Waals surface area contributed by atoms with E-state index >= 15 is 0 Å². The monoisotopic (exact) mass is 484 g/mol. The summed E-state index contributed by atoms with van der Waals surface area (Å²) in [6, 6.07) is 23.0. The van der Waals surface area contributed by atoms with Crippen LogP contribution in [0.2, 0.25) is 0 Å². The van der Waals surface area contributed by atoms with E-state index in [1.165, 1.54) is 7.11 Å². The highest BCUT2D eigenvalue weighted by molar-refractivity contribution is 7.80. The number of hydrogen-bond donors (Lipinski definition) is 2. The third-order valence-corrected chi connectivity index (χ3v) is 6.10. The second-order valence-electron chi connectivity index (χ2n) is 8.02. The van der Waals surface area contributed by atoms with E-state index in [1.54, 1.807) is 12.4 Å². The fraction of sp³-hybridized carbons (Fsp3) is 0.154. The number of ether oxygens (including phenoxy) is 1. The number of nitrogens with zero attached hydrogens (tertiary/aromatic N) is 4. The molecule has 0 spiro atoms. The zero-order valence-electron chi connectivity index (χ0n) is 19.0. The molecule has 8 nitrogen and oxygen atoms in total. The Morgan fingerprint density at radius 2 is 1.80 bits per heavy atom. The van der Waals surface area contributed by atoms with E-state index in [4.69, 9.17) is 17.0 Å². The molecule has 0 radical (unpaired) electrons. The first-order chi connectivity index (χ1) is 17.2. The van der Waals surface area contributed by atoms with Crippen molar-refractivity contribution >= 4 is 34.6 Å². The van der Waals surface area contributed by atoms with Crippen LogP contribution in [0.1, 0.15) is 23.5 Å². The summed E-state index contributed by atoms with van der Waals surface area (Å²) in [7, 11) is 1.49. The Morgan fingerprint density at radius 3 is 2.49 bits per heavy atom. The molecule has 5 rings (SSSR count). The minimum absolute atomic E-state index is 0.000221. The first-order valence-electron chi connectivity index (χ1n) is 11.1. The Morgan fingerprint density at radius 1 is 1.03 bits per heavy atom. The lowest BCUT2D eigenvalue weighted by Crippen LogP contribution is -2.30. The van der Waals surface area contributed by atoms with E-state index in [1.807, 2.05) is 72.9 Å². The van der Waals surface area contributed by atoms with Crippen molar-refractivity contribution in [2.45, 2.75) is 12.1 Å². The normalized spacial score (nSPS) is 17.3. The standard InChI is InChI=1S/C26H24N6O2S/c1-34-17-23(33)29-18-10-12-19(13-11-18)32-25(24(30-26(32)35)20-7-2-4-14-27-20)21-8-6-16-31(21)22-9-3-5-15-28-22/h2-16,24-25H,17H2,1H3,(H,29,33)(H,30,35). The zero-order valence-corrected chi connectivity index (χ0v) is 19.9. The lowest BCUT2D eigenvalue weighted by Gasteiger charge is -2.29. The number of carbonyl (C=O) groups is 1. The summed E-state index contributed by atoms with van der Waals surface area (Å²) in [6.45, 7) is 0.000221. The van der Waals surface area contributed by atoms with Gasteiger partial charge < -0.3 is 24.8 Å². The molecule has 3 aromatic heterocycles. The molecule has 2 unspecified atom stereocenters. The molecule has 1 aliphatic heterocycles. The second-order valence-corrected chi connectivity index (χ2v) is 8.40. The topological polar surface area (TPSA) is 84.3 Å². The summed E-state index contributed by atoms with van der Waals surface area (Å²) in [5, 5.41) is 6.89. The molecule has 0 aliphatic carbocycles. The number of rotatable bonds is 7. The van der Waals surface area contributed by atoms with E-state index in [0.29, 0.717) is 10.8 Å². The van der Waals surface area contributed by atoms with Gasteiger partial charge in [0.25, 0.3) is 0 Å². The van der Waals surface area contributed by atoms with Crippen LogP contribution in [0, 0.1) is 0 Å². The van der Waals surface area contributed by atoms with E-state index < -0.39 is 0 Å². The Bertz CT molecular complexity index is 1310. The highest BCUT2D eigenvalue weighted by Gasteiger charge is 2.42. The van der Waals surface area contributed by atoms with Crippen LogP contribution >= 0.6 is 12.2 Å². The van der Waals surface area contributed by atoms with Gasteiger partial charge in [-0.3, -0.25) is 9.78 Å². The number of pyridine rings is 2. The largest absolute Gasteiger partial charge is 0.375 e. The SMILES string of the molecule is COCC(=O)Nc1ccc(N2C(=S)NC(c3ccccn3)C2c2cccn2-c2ccccn2)cc1. The zero-order chi connectivity index (χ0) is 24.2. The molecule has 1 saturated heterocycles. The van der Waals surface area contributed by atoms with Gasteiger partial charge in [0, 0.05) is 42.8 Å². The van der Waals surface area contributed by atoms with Crippen LogP contribution in [0.15, 0.2) is 91.4 Å². The smallest absolute Gasteiger partial charge is 0.250 e. The van der Waals surface area contributed by atoms with Crippen molar-refractivity contribution in [3.8, 4) is 5.82 Å². The molecule has 4 aromatic rings. The molecular formula is C26H24N6O2S. The molecule has 35 heavy (non-hydrogen) atoms. The molecule has 9 heteroatoms. The fourth-order valence-electron chi connectivity index (χ4n) is 4.31. The Labute approximate surface area is 208 Å². The number of anilines is 2. The number of hydrogen-bond acceptors (Lipinski definition) is 5. The first kappa shape index (κ1) is 22.7. The molecule has 176 valence electrons. The Hall–Kier alpha value is -4.08. The molecule has 2 N–H and O–H groups in total. The van der Waals surface area contributed by atoms with Crippen LogP contribution in [0.25, 0.3) is 5.82 Å². The highest BCUT2D eigenvalue weighted by Crippen LogP contribution is 2.42. The van der Waals surface area contributed by atoms with Crippen molar-refractivity contribution < 1.29 is 9.53 Å². The number of methoxy groups -OCH3 is 1. The Kier molecular flexibility index (Phi) is 6.51. The summed E-state index contributed by atoms with van der Waals surface area (Å²) < 4.78 is 6.96. The van der Waals surface area contributed by atoms with Crippen molar-refractivity contribution in [2.75, 3.05) is 23.9 Å². The van der Waals surface area contributed by atoms with Crippen molar-refractivity contribution in [1.82, 2.24) is 19.9 Å². The lowest BCUT2D eigenvalue weighted by molar-refractivity contribution is -0.119. The van der Waals surface area contributed by atoms with Gasteiger partial charge in [-0.15, -0.1) is 0 Å². The maximum atomic E-state index is 11.9. The second kappa shape index (κ2) is 10.0. The molecule has 0 saturated carbocycles. The van der Waals surface area contributed by atoms with Crippen LogP contribution < -0.4 is 15.5 Å². The quantitative estimate of drug-likeness (QED) is 0.383. The van der Waals surface area contributed by atoms with Gasteiger partial charge >= 0.3 is 0 Å². The van der Waals surface area contributed by atoms with Gasteiger partial charge in [0.15, 0.2) is 5.11 Å². The highest BCUT2D eigenvalue weighted by atomic mass is 32.1. The third kappa shape index (κ3) is 4.64. The van der Waals surface area contributed by atoms with Crippen molar-refractivity contribution in [1.29, 1.82) is 0 Å². The molecule has 2 atom stereocenters. The van der Waals surface area contributed by atoms with E-state index in [9.17, 15) is 4.79 Å². The maximum absolute atomic E-state index is 11.9. The number of nitrogens with one attached hydrogen (secondary N) is 2. The van der Waals surface area contributed by atoms with Crippen LogP contribution in [-0.4, -0.2) is 39.3 Å². The average Bonchev–Trinajstić information content (AvgIpc) is 3.50. The van der Waals surface area contributed by atoms with E-state index in [-0.39, 0.29) is 24.6 Å². The predicted molar refractivity (Wildman–Crippen MR) is 138 cm³/mol. The van der Waals surface area contributed by atoms with Gasteiger partial charge in [0.2, 0.25) is 5.91 Å². The van der Waals surface area contributed by atoms with Gasteiger partial charge in [-0.05, 0) is 72.9 Å². The molecule has 1 aromatic carbocycles. The summed E-state index contributed by atoms with van der Waals surface area (Å²) in [5.41, 5.74) is 3.48. The number of thiocarbonyl (C=S) groups is 1. The number of amides is 1. The summed E-state index contributed by atoms with van der Waals surface area (Å²) >= 11 is 5.82. The van der Waals surface area contributed by atoms with Gasteiger partial charge in [0.1, 0.15) is 18.5 Å². The van der Waals surface area contributed by atoms with Crippen LogP contribution in [0.4, 0.5) is 11.4 Å². The van der Waals surface area contributed by atoms with Crippen LogP contribution in [0.5, 0.6) is 0 Å². The molecule has 4 heterocycles. The molecule has 0 bridgehead atoms. The summed E-state index contributed by atoms with van der Waals surface area (Å²) in [5.74, 6) is 0.612. The van der Waals surface area contributed by atoms with Crippen LogP contribution in [-0.2, 0) is 9.53 Å². The Balaban J connectivity index is 1.55. The van der Waals surface area contributed by atoms with Gasteiger partial charge in [-0.2, -0.15) is 0 Å². The molecule has 1 aliphatic rings. The van der Waals surface area contributed by atoms with Crippen LogP contribution in [0.3, 0.4) is 0 Å². The van der Waals surface area contributed by atoms with Crippen molar-refractivity contribution in [3.63, 3.8) is 0 Å². The van der Waals surface area contributed by atoms with Gasteiger partial charge in [-0.1, -0.05) is 12.1 Å². The summed E-state index contributed by atoms with van der Waals surface area (Å²) in [6.07, 6.45) is 5.57.